The molecule has 4 heteroatoms. The summed E-state index contributed by atoms with van der Waals surface area (Å²) in [6.45, 7) is 1.76. The van der Waals surface area contributed by atoms with Gasteiger partial charge in [-0.1, -0.05) is 12.1 Å². The van der Waals surface area contributed by atoms with Crippen LogP contribution in [0.4, 0.5) is 14.5 Å². The molecule has 0 spiro atoms. The highest BCUT2D eigenvalue weighted by atomic mass is 19.1. The summed E-state index contributed by atoms with van der Waals surface area (Å²) in [6.07, 6.45) is -0.387. The van der Waals surface area contributed by atoms with Crippen LogP contribution in [0.15, 0.2) is 42.5 Å². The molecule has 1 atom stereocenters. The van der Waals surface area contributed by atoms with Crippen LogP contribution in [-0.4, -0.2) is 0 Å². The maximum Gasteiger partial charge on any atom is 0.165 e. The summed E-state index contributed by atoms with van der Waals surface area (Å²) in [5.41, 5.74) is 7.06. The van der Waals surface area contributed by atoms with Gasteiger partial charge in [0.2, 0.25) is 0 Å². The Bertz CT molecular complexity index is 540. The molecule has 2 aromatic carbocycles. The van der Waals surface area contributed by atoms with Gasteiger partial charge >= 0.3 is 0 Å². The van der Waals surface area contributed by atoms with E-state index in [2.05, 4.69) is 0 Å². The lowest BCUT2D eigenvalue weighted by atomic mass is 10.1. The Morgan fingerprint density at radius 2 is 1.72 bits per heavy atom. The standard InChI is InChI=1S/C14H13F2NO/c1-9(10-2-5-12(17)6-3-10)18-14-8-11(15)4-7-13(14)16/h2-9H,17H2,1H3. The Labute approximate surface area is 104 Å². The van der Waals surface area contributed by atoms with Gasteiger partial charge in [-0.25, -0.2) is 8.78 Å². The molecule has 0 saturated carbocycles. The molecule has 1 unspecified atom stereocenters. The van der Waals surface area contributed by atoms with Crippen LogP contribution in [-0.2, 0) is 0 Å². The minimum absolute atomic E-state index is 0.0978. The van der Waals surface area contributed by atoms with Crippen LogP contribution in [0.3, 0.4) is 0 Å². The van der Waals surface area contributed by atoms with Crippen molar-refractivity contribution < 1.29 is 13.5 Å². The van der Waals surface area contributed by atoms with Crippen molar-refractivity contribution in [2.75, 3.05) is 5.73 Å². The van der Waals surface area contributed by atoms with Gasteiger partial charge in [-0.15, -0.1) is 0 Å². The van der Waals surface area contributed by atoms with Crippen molar-refractivity contribution >= 4 is 5.69 Å². The third-order valence-electron chi connectivity index (χ3n) is 2.60. The molecular formula is C14H13F2NO. The number of ether oxygens (including phenoxy) is 1. The van der Waals surface area contributed by atoms with Crippen LogP contribution in [0.5, 0.6) is 5.75 Å². The van der Waals surface area contributed by atoms with Gasteiger partial charge < -0.3 is 10.5 Å². The predicted molar refractivity (Wildman–Crippen MR) is 66.3 cm³/mol. The minimum Gasteiger partial charge on any atom is -0.483 e. The van der Waals surface area contributed by atoms with E-state index in [1.165, 1.54) is 0 Å². The highest BCUT2D eigenvalue weighted by molar-refractivity contribution is 5.40. The largest absolute Gasteiger partial charge is 0.483 e. The highest BCUT2D eigenvalue weighted by Crippen LogP contribution is 2.25. The van der Waals surface area contributed by atoms with Gasteiger partial charge in [0.25, 0.3) is 0 Å². The number of rotatable bonds is 3. The molecule has 0 aromatic heterocycles. The van der Waals surface area contributed by atoms with Crippen LogP contribution in [0.1, 0.15) is 18.6 Å². The summed E-state index contributed by atoms with van der Waals surface area (Å²) in [5.74, 6) is -1.21. The second-order valence-electron chi connectivity index (χ2n) is 4.00. The number of anilines is 1. The van der Waals surface area contributed by atoms with Gasteiger partial charge in [0.05, 0.1) is 0 Å². The fourth-order valence-electron chi connectivity index (χ4n) is 1.59. The van der Waals surface area contributed by atoms with Crippen molar-refractivity contribution in [3.63, 3.8) is 0 Å². The number of nitrogen functional groups attached to an aromatic ring is 1. The lowest BCUT2D eigenvalue weighted by Crippen LogP contribution is -2.04. The van der Waals surface area contributed by atoms with Crippen LogP contribution in [0.2, 0.25) is 0 Å². The molecule has 0 aliphatic carbocycles. The summed E-state index contributed by atoms with van der Waals surface area (Å²) < 4.78 is 31.8. The van der Waals surface area contributed by atoms with Crippen molar-refractivity contribution in [3.8, 4) is 5.75 Å². The second-order valence-corrected chi connectivity index (χ2v) is 4.00. The smallest absolute Gasteiger partial charge is 0.165 e. The minimum atomic E-state index is -0.585. The van der Waals surface area contributed by atoms with E-state index in [4.69, 9.17) is 10.5 Å². The SMILES string of the molecule is CC(Oc1cc(F)ccc1F)c1ccc(N)cc1. The monoisotopic (exact) mass is 249 g/mol. The Balaban J connectivity index is 2.18. The molecule has 0 bridgehead atoms. The van der Waals surface area contributed by atoms with Crippen molar-refractivity contribution in [2.24, 2.45) is 0 Å². The number of halogens is 2. The third kappa shape index (κ3) is 2.77. The van der Waals surface area contributed by atoms with E-state index in [1.54, 1.807) is 31.2 Å². The summed E-state index contributed by atoms with van der Waals surface area (Å²) in [5, 5.41) is 0. The highest BCUT2D eigenvalue weighted by Gasteiger charge is 2.11. The number of hydrogen-bond acceptors (Lipinski definition) is 2. The number of benzene rings is 2. The maximum absolute atomic E-state index is 13.4. The third-order valence-corrected chi connectivity index (χ3v) is 2.60. The zero-order valence-corrected chi connectivity index (χ0v) is 9.86. The summed E-state index contributed by atoms with van der Waals surface area (Å²) >= 11 is 0. The average Bonchev–Trinajstić information content (AvgIpc) is 2.34. The molecule has 2 N–H and O–H groups in total. The zero-order chi connectivity index (χ0) is 13.1. The van der Waals surface area contributed by atoms with E-state index in [0.717, 1.165) is 23.8 Å². The molecule has 2 rings (SSSR count). The van der Waals surface area contributed by atoms with Gasteiger partial charge in [0, 0.05) is 11.8 Å². The fraction of sp³-hybridized carbons (Fsp3) is 0.143. The molecular weight excluding hydrogens is 236 g/mol. The molecule has 0 amide bonds. The maximum atomic E-state index is 13.4. The van der Waals surface area contributed by atoms with Crippen molar-refractivity contribution in [1.82, 2.24) is 0 Å². The molecule has 18 heavy (non-hydrogen) atoms. The van der Waals surface area contributed by atoms with E-state index >= 15 is 0 Å². The van der Waals surface area contributed by atoms with Gasteiger partial charge in [0.15, 0.2) is 11.6 Å². The average molecular weight is 249 g/mol. The topological polar surface area (TPSA) is 35.2 Å². The van der Waals surface area contributed by atoms with Crippen molar-refractivity contribution in [2.45, 2.75) is 13.0 Å². The predicted octanol–water partition coefficient (Wildman–Crippen LogP) is 3.69. The molecule has 0 fully saturated rings. The van der Waals surface area contributed by atoms with Gasteiger partial charge in [0.1, 0.15) is 11.9 Å². The molecule has 2 aromatic rings. The van der Waals surface area contributed by atoms with Crippen molar-refractivity contribution in [3.05, 3.63) is 59.7 Å². The first kappa shape index (κ1) is 12.4. The van der Waals surface area contributed by atoms with Gasteiger partial charge in [-0.3, -0.25) is 0 Å². The van der Waals surface area contributed by atoms with E-state index in [-0.39, 0.29) is 11.9 Å². The Kier molecular flexibility index (Phi) is 3.46. The van der Waals surface area contributed by atoms with Crippen LogP contribution in [0.25, 0.3) is 0 Å². The fourth-order valence-corrected chi connectivity index (χ4v) is 1.59. The first-order chi connectivity index (χ1) is 8.56. The molecule has 2 nitrogen and oxygen atoms in total. The lowest BCUT2D eigenvalue weighted by molar-refractivity contribution is 0.215. The second kappa shape index (κ2) is 5.04. The lowest BCUT2D eigenvalue weighted by Gasteiger charge is -2.15. The van der Waals surface area contributed by atoms with Crippen LogP contribution < -0.4 is 10.5 Å². The van der Waals surface area contributed by atoms with Crippen molar-refractivity contribution in [1.29, 1.82) is 0 Å². The van der Waals surface area contributed by atoms with Crippen LogP contribution >= 0.6 is 0 Å². The van der Waals surface area contributed by atoms with E-state index in [1.807, 2.05) is 0 Å². The summed E-state index contributed by atoms with van der Waals surface area (Å²) in [4.78, 5) is 0. The van der Waals surface area contributed by atoms with E-state index in [0.29, 0.717) is 5.69 Å². The van der Waals surface area contributed by atoms with Crippen LogP contribution in [0, 0.1) is 11.6 Å². The molecule has 0 aliphatic heterocycles. The first-order valence-corrected chi connectivity index (χ1v) is 5.53. The molecule has 94 valence electrons. The zero-order valence-electron chi connectivity index (χ0n) is 9.86. The molecule has 0 saturated heterocycles. The summed E-state index contributed by atoms with van der Waals surface area (Å²) in [6, 6.07) is 10.2. The quantitative estimate of drug-likeness (QED) is 0.842. The van der Waals surface area contributed by atoms with E-state index < -0.39 is 11.6 Å². The number of hydrogen-bond donors (Lipinski definition) is 1. The molecule has 0 radical (unpaired) electrons. The Morgan fingerprint density at radius 1 is 1.06 bits per heavy atom. The van der Waals surface area contributed by atoms with E-state index in [9.17, 15) is 8.78 Å². The van der Waals surface area contributed by atoms with Gasteiger partial charge in [-0.2, -0.15) is 0 Å². The Hall–Kier alpha value is -2.10. The summed E-state index contributed by atoms with van der Waals surface area (Å²) in [7, 11) is 0. The number of nitrogens with two attached hydrogens (primary N) is 1. The normalized spacial score (nSPS) is 12.2. The first-order valence-electron chi connectivity index (χ1n) is 5.53. The Morgan fingerprint density at radius 3 is 2.39 bits per heavy atom. The molecule has 0 aliphatic rings. The van der Waals surface area contributed by atoms with Gasteiger partial charge in [-0.05, 0) is 36.8 Å². The molecule has 0 heterocycles.